The molecule has 0 aliphatic rings. The third-order valence-corrected chi connectivity index (χ3v) is 1.02. The van der Waals surface area contributed by atoms with Gasteiger partial charge in [-0.3, -0.25) is 9.59 Å². The lowest BCUT2D eigenvalue weighted by molar-refractivity contribution is -0.138. The first-order valence-electron chi connectivity index (χ1n) is 4.29. The lowest BCUT2D eigenvalue weighted by atomic mass is 10.2. The molecule has 0 saturated carbocycles. The van der Waals surface area contributed by atoms with Crippen LogP contribution in [0.5, 0.6) is 0 Å². The Labute approximate surface area is 83.4 Å². The summed E-state index contributed by atoms with van der Waals surface area (Å²) in [5, 5.41) is 8.22. The second kappa shape index (κ2) is 8.46. The van der Waals surface area contributed by atoms with Crippen molar-refractivity contribution in [1.29, 1.82) is 0 Å². The highest BCUT2D eigenvalue weighted by molar-refractivity contribution is 5.76. The van der Waals surface area contributed by atoms with E-state index in [4.69, 9.17) is 22.3 Å². The van der Waals surface area contributed by atoms with Gasteiger partial charge in [-0.1, -0.05) is 13.8 Å². The Kier molecular flexibility index (Phi) is 9.27. The van der Waals surface area contributed by atoms with Gasteiger partial charge in [0.2, 0.25) is 5.91 Å². The molecule has 0 fully saturated rings. The number of aliphatic carboxylic acids is 1. The molecule has 0 aliphatic carbocycles. The molecule has 0 aromatic carbocycles. The second-order valence-corrected chi connectivity index (χ2v) is 3.19. The topological polar surface area (TPSA) is 132 Å². The van der Waals surface area contributed by atoms with Crippen molar-refractivity contribution in [3.63, 3.8) is 0 Å². The zero-order chi connectivity index (χ0) is 11.7. The maximum absolute atomic E-state index is 10.1. The summed E-state index contributed by atoms with van der Waals surface area (Å²) in [5.41, 5.74) is 14.9. The largest absolute Gasteiger partial charge is 0.480 e. The normalized spacial score (nSPS) is 11.5. The molecule has 0 aromatic rings. The molecule has 0 aromatic heterocycles. The van der Waals surface area contributed by atoms with Gasteiger partial charge in [0.15, 0.2) is 0 Å². The van der Waals surface area contributed by atoms with Gasteiger partial charge < -0.3 is 22.3 Å². The molecule has 0 rings (SSSR count). The zero-order valence-electron chi connectivity index (χ0n) is 8.56. The molecule has 0 bridgehead atoms. The Balaban J connectivity index is 0. The molecular weight excluding hydrogens is 186 g/mol. The smallest absolute Gasteiger partial charge is 0.320 e. The van der Waals surface area contributed by atoms with Crippen LogP contribution in [0.2, 0.25) is 0 Å². The molecule has 84 valence electrons. The van der Waals surface area contributed by atoms with E-state index in [0.717, 1.165) is 0 Å². The molecule has 1 atom stereocenters. The number of amides is 1. The highest BCUT2D eigenvalue weighted by Gasteiger charge is 2.11. The molecule has 6 nitrogen and oxygen atoms in total. The molecule has 0 saturated heterocycles. The highest BCUT2D eigenvalue weighted by Crippen LogP contribution is 1.92. The third-order valence-electron chi connectivity index (χ3n) is 1.02. The molecule has 6 heteroatoms. The Bertz CT molecular complexity index is 180. The molecule has 0 heterocycles. The third kappa shape index (κ3) is 17.1. The SMILES string of the molecule is CC(C)N.NC(=O)CCC(N)C(=O)O. The van der Waals surface area contributed by atoms with Crippen molar-refractivity contribution in [2.24, 2.45) is 17.2 Å². The first kappa shape index (κ1) is 15.3. The lowest BCUT2D eigenvalue weighted by Gasteiger charge is -2.01. The van der Waals surface area contributed by atoms with E-state index >= 15 is 0 Å². The number of carboxylic acids is 1. The number of primary amides is 1. The molecule has 1 amide bonds. The average molecular weight is 205 g/mol. The van der Waals surface area contributed by atoms with Crippen LogP contribution in [0.1, 0.15) is 26.7 Å². The first-order chi connectivity index (χ1) is 6.27. The Hall–Kier alpha value is -1.14. The minimum atomic E-state index is -1.11. The average Bonchev–Trinajstić information content (AvgIpc) is 1.98. The van der Waals surface area contributed by atoms with Gasteiger partial charge in [0, 0.05) is 6.42 Å². The van der Waals surface area contributed by atoms with E-state index in [2.05, 4.69) is 0 Å². The quantitative estimate of drug-likeness (QED) is 0.468. The van der Waals surface area contributed by atoms with Gasteiger partial charge in [-0.2, -0.15) is 0 Å². The van der Waals surface area contributed by atoms with Crippen molar-refractivity contribution in [3.05, 3.63) is 0 Å². The highest BCUT2D eigenvalue weighted by atomic mass is 16.4. The van der Waals surface area contributed by atoms with E-state index in [-0.39, 0.29) is 12.8 Å². The van der Waals surface area contributed by atoms with E-state index in [1.165, 1.54) is 0 Å². The van der Waals surface area contributed by atoms with Gasteiger partial charge in [-0.25, -0.2) is 0 Å². The van der Waals surface area contributed by atoms with Crippen LogP contribution in [0, 0.1) is 0 Å². The maximum atomic E-state index is 10.1. The fourth-order valence-corrected chi connectivity index (χ4v) is 0.421. The van der Waals surface area contributed by atoms with E-state index in [9.17, 15) is 9.59 Å². The minimum absolute atomic E-state index is 0.0213. The van der Waals surface area contributed by atoms with Crippen LogP contribution in [0.3, 0.4) is 0 Å². The molecule has 7 N–H and O–H groups in total. The predicted molar refractivity (Wildman–Crippen MR) is 53.4 cm³/mol. The van der Waals surface area contributed by atoms with Crippen molar-refractivity contribution in [3.8, 4) is 0 Å². The number of hydrogen-bond acceptors (Lipinski definition) is 4. The van der Waals surface area contributed by atoms with Gasteiger partial charge in [0.1, 0.15) is 6.04 Å². The van der Waals surface area contributed by atoms with E-state index in [0.29, 0.717) is 6.04 Å². The van der Waals surface area contributed by atoms with Gasteiger partial charge in [-0.05, 0) is 12.5 Å². The summed E-state index contributed by atoms with van der Waals surface area (Å²) in [7, 11) is 0. The number of carboxylic acid groups (broad SMARTS) is 1. The first-order valence-corrected chi connectivity index (χ1v) is 4.29. The maximum Gasteiger partial charge on any atom is 0.320 e. The van der Waals surface area contributed by atoms with Crippen LogP contribution in [0.15, 0.2) is 0 Å². The molecule has 0 aliphatic heterocycles. The van der Waals surface area contributed by atoms with Crippen LogP contribution in [0.4, 0.5) is 0 Å². The van der Waals surface area contributed by atoms with Crippen molar-refractivity contribution >= 4 is 11.9 Å². The standard InChI is InChI=1S/C5H10N2O3.C3H9N/c6-3(5(9)10)1-2-4(7)8;1-3(2)4/h3H,1-2,6H2,(H2,7,8)(H,9,10);3H,4H2,1-2H3. The summed E-state index contributed by atoms with van der Waals surface area (Å²) < 4.78 is 0. The summed E-state index contributed by atoms with van der Waals surface area (Å²) in [6, 6.07) is -0.646. The summed E-state index contributed by atoms with van der Waals surface area (Å²) >= 11 is 0. The second-order valence-electron chi connectivity index (χ2n) is 3.19. The fraction of sp³-hybridized carbons (Fsp3) is 0.750. The van der Waals surface area contributed by atoms with Crippen LogP contribution in [0.25, 0.3) is 0 Å². The Morgan fingerprint density at radius 1 is 1.29 bits per heavy atom. The van der Waals surface area contributed by atoms with Crippen molar-refractivity contribution in [1.82, 2.24) is 0 Å². The molecule has 0 radical (unpaired) electrons. The number of nitrogens with two attached hydrogens (primary N) is 3. The van der Waals surface area contributed by atoms with E-state index in [1.54, 1.807) is 0 Å². The van der Waals surface area contributed by atoms with Gasteiger partial charge in [0.25, 0.3) is 0 Å². The zero-order valence-corrected chi connectivity index (χ0v) is 8.56. The van der Waals surface area contributed by atoms with Crippen LogP contribution >= 0.6 is 0 Å². The molecule has 1 unspecified atom stereocenters. The van der Waals surface area contributed by atoms with Gasteiger partial charge in [0.05, 0.1) is 0 Å². The summed E-state index contributed by atoms with van der Waals surface area (Å²) in [4.78, 5) is 20.1. The lowest BCUT2D eigenvalue weighted by Crippen LogP contribution is -2.31. The Morgan fingerprint density at radius 2 is 1.64 bits per heavy atom. The van der Waals surface area contributed by atoms with Crippen molar-refractivity contribution < 1.29 is 14.7 Å². The number of carbonyl (C=O) groups excluding carboxylic acids is 1. The van der Waals surface area contributed by atoms with Crippen LogP contribution < -0.4 is 17.2 Å². The predicted octanol–water partition coefficient (Wildman–Crippen LogP) is -0.983. The minimum Gasteiger partial charge on any atom is -0.480 e. The molecule has 14 heavy (non-hydrogen) atoms. The van der Waals surface area contributed by atoms with Gasteiger partial charge in [-0.15, -0.1) is 0 Å². The molecule has 0 spiro atoms. The summed E-state index contributed by atoms with van der Waals surface area (Å²) in [5.74, 6) is -1.64. The van der Waals surface area contributed by atoms with Crippen LogP contribution in [-0.4, -0.2) is 29.1 Å². The summed E-state index contributed by atoms with van der Waals surface area (Å²) in [6.45, 7) is 3.89. The monoisotopic (exact) mass is 205 g/mol. The Morgan fingerprint density at radius 3 is 1.86 bits per heavy atom. The fourth-order valence-electron chi connectivity index (χ4n) is 0.421. The van der Waals surface area contributed by atoms with Crippen molar-refractivity contribution in [2.75, 3.05) is 0 Å². The van der Waals surface area contributed by atoms with E-state index < -0.39 is 17.9 Å². The summed E-state index contributed by atoms with van der Waals surface area (Å²) in [6.07, 6.45) is 0.123. The number of carbonyl (C=O) groups is 2. The van der Waals surface area contributed by atoms with E-state index in [1.807, 2.05) is 13.8 Å². The van der Waals surface area contributed by atoms with Gasteiger partial charge >= 0.3 is 5.97 Å². The van der Waals surface area contributed by atoms with Crippen LogP contribution in [-0.2, 0) is 9.59 Å². The molecular formula is C8H19N3O3. The van der Waals surface area contributed by atoms with Crippen molar-refractivity contribution in [2.45, 2.75) is 38.8 Å². The number of rotatable bonds is 4. The number of hydrogen-bond donors (Lipinski definition) is 4.